The Morgan fingerprint density at radius 2 is 2.00 bits per heavy atom. The van der Waals surface area contributed by atoms with E-state index in [1.54, 1.807) is 16.6 Å². The third-order valence-electron chi connectivity index (χ3n) is 3.65. The van der Waals surface area contributed by atoms with Crippen molar-refractivity contribution in [3.8, 4) is 21.9 Å². The van der Waals surface area contributed by atoms with Crippen LogP contribution in [0.4, 0.5) is 4.39 Å². The first-order chi connectivity index (χ1) is 11.2. The number of aromatic nitrogens is 4. The van der Waals surface area contributed by atoms with Crippen LogP contribution in [0.1, 0.15) is 18.5 Å². The number of hydrogen-bond acceptors (Lipinski definition) is 5. The SMILES string of the molecule is CCc1nnc2sc(-c3cc(-c4ccc(F)cc4)oc3C)nn12. The minimum absolute atomic E-state index is 0.266. The van der Waals surface area contributed by atoms with Gasteiger partial charge in [0.05, 0.1) is 5.56 Å². The minimum atomic E-state index is -0.266. The lowest BCUT2D eigenvalue weighted by Crippen LogP contribution is -1.93. The summed E-state index contributed by atoms with van der Waals surface area (Å²) in [7, 11) is 0. The fourth-order valence-electron chi connectivity index (χ4n) is 2.44. The van der Waals surface area contributed by atoms with Gasteiger partial charge in [-0.1, -0.05) is 18.3 Å². The molecule has 0 aliphatic heterocycles. The highest BCUT2D eigenvalue weighted by molar-refractivity contribution is 7.19. The molecule has 0 bridgehead atoms. The van der Waals surface area contributed by atoms with E-state index in [1.807, 2.05) is 19.9 Å². The van der Waals surface area contributed by atoms with Gasteiger partial charge in [0.2, 0.25) is 4.96 Å². The van der Waals surface area contributed by atoms with E-state index in [-0.39, 0.29) is 5.82 Å². The van der Waals surface area contributed by atoms with Crippen LogP contribution in [0.2, 0.25) is 0 Å². The molecule has 0 saturated carbocycles. The van der Waals surface area contributed by atoms with Gasteiger partial charge in [0.1, 0.15) is 17.3 Å². The Kier molecular flexibility index (Phi) is 3.23. The number of hydrogen-bond donors (Lipinski definition) is 0. The van der Waals surface area contributed by atoms with Crippen molar-refractivity contribution >= 4 is 16.3 Å². The highest BCUT2D eigenvalue weighted by Gasteiger charge is 2.17. The molecule has 0 N–H and O–H groups in total. The van der Waals surface area contributed by atoms with Crippen LogP contribution in [0.5, 0.6) is 0 Å². The van der Waals surface area contributed by atoms with Gasteiger partial charge in [0, 0.05) is 12.0 Å². The van der Waals surface area contributed by atoms with Gasteiger partial charge in [0.25, 0.3) is 0 Å². The average molecular weight is 328 g/mol. The Hall–Kier alpha value is -2.54. The summed E-state index contributed by atoms with van der Waals surface area (Å²) in [6, 6.07) is 8.17. The summed E-state index contributed by atoms with van der Waals surface area (Å²) in [6.07, 6.45) is 0.773. The molecule has 1 aromatic carbocycles. The Balaban J connectivity index is 1.78. The van der Waals surface area contributed by atoms with Gasteiger partial charge in [-0.25, -0.2) is 4.39 Å². The highest BCUT2D eigenvalue weighted by atomic mass is 32.1. The first kappa shape index (κ1) is 14.1. The van der Waals surface area contributed by atoms with Crippen molar-refractivity contribution in [2.75, 3.05) is 0 Å². The summed E-state index contributed by atoms with van der Waals surface area (Å²) in [5.74, 6) is 2.03. The molecule has 3 heterocycles. The van der Waals surface area contributed by atoms with E-state index in [1.165, 1.54) is 23.5 Å². The summed E-state index contributed by atoms with van der Waals surface area (Å²) >= 11 is 1.47. The van der Waals surface area contributed by atoms with Crippen molar-refractivity contribution in [2.24, 2.45) is 0 Å². The van der Waals surface area contributed by atoms with Crippen LogP contribution in [0.15, 0.2) is 34.7 Å². The smallest absolute Gasteiger partial charge is 0.234 e. The lowest BCUT2D eigenvalue weighted by Gasteiger charge is -1.95. The molecule has 0 spiro atoms. The number of benzene rings is 1. The average Bonchev–Trinajstić information content (AvgIpc) is 3.21. The molecule has 5 nitrogen and oxygen atoms in total. The molecule has 3 aromatic heterocycles. The molecule has 0 unspecified atom stereocenters. The van der Waals surface area contributed by atoms with Crippen LogP contribution in [0.3, 0.4) is 0 Å². The van der Waals surface area contributed by atoms with Gasteiger partial charge in [-0.3, -0.25) is 0 Å². The molecule has 116 valence electrons. The predicted molar refractivity (Wildman–Crippen MR) is 85.9 cm³/mol. The van der Waals surface area contributed by atoms with Gasteiger partial charge in [-0.15, -0.1) is 10.2 Å². The number of nitrogens with zero attached hydrogens (tertiary/aromatic N) is 4. The molecule has 0 fully saturated rings. The van der Waals surface area contributed by atoms with Crippen LogP contribution in [-0.2, 0) is 6.42 Å². The van der Waals surface area contributed by atoms with Crippen LogP contribution in [0, 0.1) is 12.7 Å². The van der Waals surface area contributed by atoms with Crippen molar-refractivity contribution in [1.29, 1.82) is 0 Å². The lowest BCUT2D eigenvalue weighted by molar-refractivity contribution is 0.549. The topological polar surface area (TPSA) is 56.2 Å². The monoisotopic (exact) mass is 328 g/mol. The van der Waals surface area contributed by atoms with Crippen molar-refractivity contribution in [3.63, 3.8) is 0 Å². The second kappa shape index (κ2) is 5.27. The predicted octanol–water partition coefficient (Wildman–Crippen LogP) is 4.12. The maximum Gasteiger partial charge on any atom is 0.234 e. The van der Waals surface area contributed by atoms with Crippen molar-refractivity contribution in [3.05, 3.63) is 47.7 Å². The van der Waals surface area contributed by atoms with E-state index in [4.69, 9.17) is 4.42 Å². The van der Waals surface area contributed by atoms with E-state index in [0.29, 0.717) is 5.76 Å². The summed E-state index contributed by atoms with van der Waals surface area (Å²) in [4.78, 5) is 0.765. The first-order valence-electron chi connectivity index (χ1n) is 7.23. The maximum atomic E-state index is 13.1. The van der Waals surface area contributed by atoms with Gasteiger partial charge in [-0.05, 0) is 37.3 Å². The van der Waals surface area contributed by atoms with E-state index in [0.717, 1.165) is 39.1 Å². The van der Waals surface area contributed by atoms with E-state index in [9.17, 15) is 4.39 Å². The maximum absolute atomic E-state index is 13.1. The number of halogens is 1. The normalized spacial score (nSPS) is 11.4. The molecule has 0 saturated heterocycles. The molecular formula is C16H13FN4OS. The van der Waals surface area contributed by atoms with Crippen molar-refractivity contribution < 1.29 is 8.81 Å². The molecule has 23 heavy (non-hydrogen) atoms. The van der Waals surface area contributed by atoms with Gasteiger partial charge in [-0.2, -0.15) is 9.61 Å². The number of rotatable bonds is 3. The standard InChI is InChI=1S/C16H13FN4OS/c1-3-14-18-19-16-21(14)20-15(23-16)12-8-13(22-9(12)2)10-4-6-11(17)7-5-10/h4-8H,3H2,1-2H3. The Morgan fingerprint density at radius 1 is 1.22 bits per heavy atom. The molecule has 4 rings (SSSR count). The molecule has 0 atom stereocenters. The first-order valence-corrected chi connectivity index (χ1v) is 8.05. The van der Waals surface area contributed by atoms with Crippen LogP contribution >= 0.6 is 11.3 Å². The summed E-state index contributed by atoms with van der Waals surface area (Å²) in [5.41, 5.74) is 1.75. The molecule has 0 aliphatic carbocycles. The second-order valence-corrected chi connectivity index (χ2v) is 6.11. The Morgan fingerprint density at radius 3 is 2.74 bits per heavy atom. The van der Waals surface area contributed by atoms with E-state index >= 15 is 0 Å². The third-order valence-corrected chi connectivity index (χ3v) is 4.58. The quantitative estimate of drug-likeness (QED) is 0.567. The zero-order chi connectivity index (χ0) is 16.0. The van der Waals surface area contributed by atoms with Crippen molar-refractivity contribution in [1.82, 2.24) is 19.8 Å². The summed E-state index contributed by atoms with van der Waals surface area (Å²) in [5, 5.41) is 13.6. The van der Waals surface area contributed by atoms with Gasteiger partial charge < -0.3 is 4.42 Å². The summed E-state index contributed by atoms with van der Waals surface area (Å²) < 4.78 is 20.6. The molecule has 0 radical (unpaired) electrons. The molecular weight excluding hydrogens is 315 g/mol. The molecule has 7 heteroatoms. The largest absolute Gasteiger partial charge is 0.461 e. The number of fused-ring (bicyclic) bond motifs is 1. The van der Waals surface area contributed by atoms with Gasteiger partial charge in [0.15, 0.2) is 10.8 Å². The molecule has 0 aliphatic rings. The van der Waals surface area contributed by atoms with Gasteiger partial charge >= 0.3 is 0 Å². The number of aryl methyl sites for hydroxylation is 2. The third kappa shape index (κ3) is 2.33. The minimum Gasteiger partial charge on any atom is -0.461 e. The van der Waals surface area contributed by atoms with E-state index in [2.05, 4.69) is 15.3 Å². The Bertz CT molecular complexity index is 984. The zero-order valence-electron chi connectivity index (χ0n) is 12.6. The second-order valence-electron chi connectivity index (χ2n) is 5.16. The van der Waals surface area contributed by atoms with Crippen LogP contribution < -0.4 is 0 Å². The zero-order valence-corrected chi connectivity index (χ0v) is 13.4. The Labute approximate surface area is 135 Å². The number of furan rings is 1. The fourth-order valence-corrected chi connectivity index (χ4v) is 3.36. The molecule has 4 aromatic rings. The summed E-state index contributed by atoms with van der Waals surface area (Å²) in [6.45, 7) is 3.91. The van der Waals surface area contributed by atoms with Crippen LogP contribution in [0.25, 0.3) is 26.9 Å². The fraction of sp³-hybridized carbons (Fsp3) is 0.188. The van der Waals surface area contributed by atoms with E-state index < -0.39 is 0 Å². The van der Waals surface area contributed by atoms with Crippen molar-refractivity contribution in [2.45, 2.75) is 20.3 Å². The molecule has 0 amide bonds. The highest BCUT2D eigenvalue weighted by Crippen LogP contribution is 2.34. The lowest BCUT2D eigenvalue weighted by atomic mass is 10.1. The van der Waals surface area contributed by atoms with Crippen LogP contribution in [-0.4, -0.2) is 19.8 Å².